The maximum atomic E-state index is 13.6. The second-order valence-electron chi connectivity index (χ2n) is 11.2. The van der Waals surface area contributed by atoms with Gasteiger partial charge in [0.2, 0.25) is 5.91 Å². The number of thioether (sulfide) groups is 1. The fraction of sp³-hybridized carbons (Fsp3) is 0.571. The van der Waals surface area contributed by atoms with Crippen molar-refractivity contribution in [2.75, 3.05) is 11.4 Å². The van der Waals surface area contributed by atoms with Crippen molar-refractivity contribution < 1.29 is 14.4 Å². The SMILES string of the molecule is C=CC(=O)N[C@H]1CCCC[C@H]1NC(=O)C1=C2NC(=O)N(c3cnc(CC(C)C)cc3C)C3CCNC(S1)C23. The molecule has 0 radical (unpaired) electrons. The lowest BCUT2D eigenvalue weighted by molar-refractivity contribution is -0.120. The third-order valence-corrected chi connectivity index (χ3v) is 9.31. The summed E-state index contributed by atoms with van der Waals surface area (Å²) in [6.07, 6.45) is 8.39. The second kappa shape index (κ2) is 11.1. The van der Waals surface area contributed by atoms with Crippen LogP contribution in [0, 0.1) is 18.8 Å². The lowest BCUT2D eigenvalue weighted by Gasteiger charge is -2.46. The Morgan fingerprint density at radius 1 is 1.24 bits per heavy atom. The van der Waals surface area contributed by atoms with Crippen LogP contribution in [0.25, 0.3) is 0 Å². The number of carbonyl (C=O) groups is 3. The molecule has 9 nitrogen and oxygen atoms in total. The Balaban J connectivity index is 1.38. The van der Waals surface area contributed by atoms with Crippen LogP contribution in [0.3, 0.4) is 0 Å². The van der Waals surface area contributed by atoms with E-state index in [1.807, 2.05) is 18.0 Å². The third-order valence-electron chi connectivity index (χ3n) is 7.96. The van der Waals surface area contributed by atoms with Crippen LogP contribution in [0.5, 0.6) is 0 Å². The van der Waals surface area contributed by atoms with E-state index in [0.717, 1.165) is 62.0 Å². The number of piperidine rings is 1. The lowest BCUT2D eigenvalue weighted by Crippen LogP contribution is -2.62. The van der Waals surface area contributed by atoms with Gasteiger partial charge in [0, 0.05) is 29.4 Å². The van der Waals surface area contributed by atoms with Gasteiger partial charge in [-0.25, -0.2) is 4.79 Å². The van der Waals surface area contributed by atoms with Crippen LogP contribution in [0.1, 0.15) is 57.2 Å². The van der Waals surface area contributed by atoms with Gasteiger partial charge in [-0.05, 0) is 62.8 Å². The quantitative estimate of drug-likeness (QED) is 0.397. The molecule has 0 bridgehead atoms. The smallest absolute Gasteiger partial charge is 0.326 e. The molecule has 3 fully saturated rings. The number of nitrogens with zero attached hydrogens (tertiary/aromatic N) is 2. The van der Waals surface area contributed by atoms with Crippen LogP contribution in [0.2, 0.25) is 0 Å². The molecule has 38 heavy (non-hydrogen) atoms. The summed E-state index contributed by atoms with van der Waals surface area (Å²) >= 11 is 1.50. The fourth-order valence-electron chi connectivity index (χ4n) is 6.24. The number of nitrogens with one attached hydrogen (secondary N) is 4. The summed E-state index contributed by atoms with van der Waals surface area (Å²) in [5, 5.41) is 12.8. The summed E-state index contributed by atoms with van der Waals surface area (Å²) in [7, 11) is 0. The highest BCUT2D eigenvalue weighted by Crippen LogP contribution is 2.48. The molecule has 2 saturated heterocycles. The minimum atomic E-state index is -0.229. The number of rotatable bonds is 7. The molecular weight excluding hydrogens is 500 g/mol. The van der Waals surface area contributed by atoms with E-state index in [-0.39, 0.29) is 47.3 Å². The Kier molecular flexibility index (Phi) is 7.81. The Morgan fingerprint density at radius 3 is 2.66 bits per heavy atom. The zero-order chi connectivity index (χ0) is 27.0. The molecule has 10 heteroatoms. The molecule has 1 aromatic rings. The number of amides is 4. The van der Waals surface area contributed by atoms with E-state index < -0.39 is 0 Å². The molecule has 5 rings (SSSR count). The number of carbonyl (C=O) groups excluding carboxylic acids is 3. The Hall–Kier alpha value is -2.85. The van der Waals surface area contributed by atoms with Gasteiger partial charge in [-0.3, -0.25) is 19.5 Å². The average Bonchev–Trinajstić information content (AvgIpc) is 3.25. The zero-order valence-corrected chi connectivity index (χ0v) is 23.2. The van der Waals surface area contributed by atoms with Gasteiger partial charge in [0.15, 0.2) is 0 Å². The highest BCUT2D eigenvalue weighted by atomic mass is 32.2. The van der Waals surface area contributed by atoms with Gasteiger partial charge in [0.25, 0.3) is 5.91 Å². The van der Waals surface area contributed by atoms with Gasteiger partial charge in [0.05, 0.1) is 28.2 Å². The van der Waals surface area contributed by atoms with Crippen LogP contribution in [-0.4, -0.2) is 52.9 Å². The molecule has 0 aromatic carbocycles. The van der Waals surface area contributed by atoms with Gasteiger partial charge in [-0.1, -0.05) is 45.0 Å². The van der Waals surface area contributed by atoms with Gasteiger partial charge in [-0.15, -0.1) is 0 Å². The average molecular weight is 539 g/mol. The van der Waals surface area contributed by atoms with Gasteiger partial charge >= 0.3 is 6.03 Å². The van der Waals surface area contributed by atoms with E-state index >= 15 is 0 Å². The minimum absolute atomic E-state index is 0.00343. The van der Waals surface area contributed by atoms with Gasteiger partial charge < -0.3 is 21.3 Å². The summed E-state index contributed by atoms with van der Waals surface area (Å²) in [4.78, 5) is 46.1. The Bertz CT molecular complexity index is 1170. The third kappa shape index (κ3) is 5.20. The number of urea groups is 1. The molecule has 1 aromatic heterocycles. The van der Waals surface area contributed by atoms with E-state index in [9.17, 15) is 14.4 Å². The van der Waals surface area contributed by atoms with E-state index in [1.54, 1.807) is 0 Å². The number of aryl methyl sites for hydroxylation is 1. The van der Waals surface area contributed by atoms with Crippen molar-refractivity contribution in [3.63, 3.8) is 0 Å². The first-order chi connectivity index (χ1) is 18.3. The van der Waals surface area contributed by atoms with E-state index in [2.05, 4.69) is 52.7 Å². The number of hydrogen-bond acceptors (Lipinski definition) is 6. The molecule has 4 aliphatic rings. The van der Waals surface area contributed by atoms with Crippen molar-refractivity contribution in [3.05, 3.63) is 46.8 Å². The van der Waals surface area contributed by atoms with Crippen molar-refractivity contribution >= 4 is 35.3 Å². The summed E-state index contributed by atoms with van der Waals surface area (Å²) in [6, 6.07) is 1.52. The van der Waals surface area contributed by atoms with Crippen LogP contribution in [0.15, 0.2) is 35.5 Å². The molecule has 0 spiro atoms. The molecule has 5 atom stereocenters. The van der Waals surface area contributed by atoms with Crippen LogP contribution in [0.4, 0.5) is 10.5 Å². The maximum Gasteiger partial charge on any atom is 0.326 e. The van der Waals surface area contributed by atoms with Crippen LogP contribution >= 0.6 is 11.8 Å². The molecule has 4 amide bonds. The van der Waals surface area contributed by atoms with E-state index in [1.165, 1.54) is 17.8 Å². The largest absolute Gasteiger partial charge is 0.348 e. The zero-order valence-electron chi connectivity index (χ0n) is 22.4. The van der Waals surface area contributed by atoms with Crippen molar-refractivity contribution in [2.45, 2.75) is 82.8 Å². The molecule has 1 aliphatic carbocycles. The molecule has 4 heterocycles. The van der Waals surface area contributed by atoms with Gasteiger partial charge in [0.1, 0.15) is 0 Å². The summed E-state index contributed by atoms with van der Waals surface area (Å²) in [5.74, 6) is 0.0678. The van der Waals surface area contributed by atoms with E-state index in [4.69, 9.17) is 0 Å². The number of pyridine rings is 1. The van der Waals surface area contributed by atoms with Crippen LogP contribution in [-0.2, 0) is 16.0 Å². The highest BCUT2D eigenvalue weighted by molar-refractivity contribution is 8.04. The molecule has 3 aliphatic heterocycles. The first kappa shape index (κ1) is 26.7. The lowest BCUT2D eigenvalue weighted by atomic mass is 9.86. The Labute approximate surface area is 228 Å². The fourth-order valence-corrected chi connectivity index (χ4v) is 7.64. The summed E-state index contributed by atoms with van der Waals surface area (Å²) in [5.41, 5.74) is 3.59. The standard InChI is InChI=1S/C28H38N6O3S/c1-5-22(35)31-18-8-6-7-9-19(18)32-26(36)25-24-23-20(10-11-29-27(23)38-25)34(28(37)33-24)21-14-30-17(12-15(2)3)13-16(21)4/h5,13-15,18-20,23,27,29H,1,6-12H2,2-4H3,(H,31,35)(H,32,36)(H,33,37)/t18-,19+,20?,23?,27?/m0/s1. The first-order valence-electron chi connectivity index (χ1n) is 13.7. The van der Waals surface area contributed by atoms with Crippen molar-refractivity contribution in [2.24, 2.45) is 11.8 Å². The number of hydrogen-bond donors (Lipinski definition) is 4. The molecular formula is C28H38N6O3S. The Morgan fingerprint density at radius 2 is 1.97 bits per heavy atom. The minimum Gasteiger partial charge on any atom is -0.348 e. The molecule has 4 N–H and O–H groups in total. The summed E-state index contributed by atoms with van der Waals surface area (Å²) < 4.78 is 0. The number of aromatic nitrogens is 1. The van der Waals surface area contributed by atoms with Crippen molar-refractivity contribution in [1.29, 1.82) is 0 Å². The van der Waals surface area contributed by atoms with Crippen LogP contribution < -0.4 is 26.2 Å². The van der Waals surface area contributed by atoms with E-state index in [0.29, 0.717) is 16.5 Å². The topological polar surface area (TPSA) is 115 Å². The normalized spacial score (nSPS) is 28.6. The molecule has 3 unspecified atom stereocenters. The second-order valence-corrected chi connectivity index (χ2v) is 12.3. The maximum absolute atomic E-state index is 13.6. The predicted octanol–water partition coefficient (Wildman–Crippen LogP) is 3.11. The predicted molar refractivity (Wildman–Crippen MR) is 149 cm³/mol. The monoisotopic (exact) mass is 538 g/mol. The highest BCUT2D eigenvalue weighted by Gasteiger charge is 2.52. The molecule has 204 valence electrons. The summed E-state index contributed by atoms with van der Waals surface area (Å²) in [6.45, 7) is 10.7. The molecule has 1 saturated carbocycles. The van der Waals surface area contributed by atoms with Crippen molar-refractivity contribution in [3.8, 4) is 0 Å². The van der Waals surface area contributed by atoms with Gasteiger partial charge in [-0.2, -0.15) is 0 Å². The first-order valence-corrected chi connectivity index (χ1v) is 14.6. The number of anilines is 1. The van der Waals surface area contributed by atoms with Crippen molar-refractivity contribution in [1.82, 2.24) is 26.3 Å².